The third kappa shape index (κ3) is 5.10. The first-order valence-electron chi connectivity index (χ1n) is 5.97. The van der Waals surface area contributed by atoms with Crippen LogP contribution in [0.2, 0.25) is 0 Å². The highest BCUT2D eigenvalue weighted by Crippen LogP contribution is 2.14. The zero-order chi connectivity index (χ0) is 12.0. The Kier molecular flexibility index (Phi) is 6.03. The van der Waals surface area contributed by atoms with Crippen LogP contribution in [-0.2, 0) is 11.3 Å². The van der Waals surface area contributed by atoms with Crippen molar-refractivity contribution in [2.24, 2.45) is 5.92 Å². The van der Waals surface area contributed by atoms with Crippen molar-refractivity contribution in [3.63, 3.8) is 0 Å². The molecule has 0 aliphatic heterocycles. The van der Waals surface area contributed by atoms with Crippen molar-refractivity contribution in [3.8, 4) is 0 Å². The summed E-state index contributed by atoms with van der Waals surface area (Å²) in [5, 5.41) is 5.53. The minimum atomic E-state index is 0.296. The molecule has 1 aromatic heterocycles. The number of thiophene rings is 1. The summed E-state index contributed by atoms with van der Waals surface area (Å²) in [7, 11) is 0. The van der Waals surface area contributed by atoms with Gasteiger partial charge in [-0.2, -0.15) is 0 Å². The zero-order valence-electron chi connectivity index (χ0n) is 10.7. The topological polar surface area (TPSA) is 21.3 Å². The first-order chi connectivity index (χ1) is 7.59. The zero-order valence-corrected chi connectivity index (χ0v) is 11.5. The maximum atomic E-state index is 5.95. The highest BCUT2D eigenvalue weighted by atomic mass is 32.1. The predicted octanol–water partition coefficient (Wildman–Crippen LogP) is 3.29. The van der Waals surface area contributed by atoms with E-state index in [4.69, 9.17) is 4.74 Å². The van der Waals surface area contributed by atoms with Crippen LogP contribution >= 0.6 is 11.3 Å². The molecule has 1 atom stereocenters. The Hall–Kier alpha value is -0.380. The molecule has 0 amide bonds. The van der Waals surface area contributed by atoms with E-state index in [0.717, 1.165) is 13.2 Å². The van der Waals surface area contributed by atoms with Crippen LogP contribution in [-0.4, -0.2) is 18.7 Å². The lowest BCUT2D eigenvalue weighted by Crippen LogP contribution is -2.36. The fourth-order valence-corrected chi connectivity index (χ4v) is 2.05. The second kappa shape index (κ2) is 7.05. The fraction of sp³-hybridized carbons (Fsp3) is 0.692. The maximum absolute atomic E-state index is 5.95. The molecule has 0 saturated carbocycles. The number of hydrogen-bond donors (Lipinski definition) is 1. The number of hydrogen-bond acceptors (Lipinski definition) is 3. The molecular weight excluding hydrogens is 218 g/mol. The van der Waals surface area contributed by atoms with E-state index in [1.807, 2.05) is 0 Å². The highest BCUT2D eigenvalue weighted by Gasteiger charge is 2.14. The highest BCUT2D eigenvalue weighted by molar-refractivity contribution is 7.09. The summed E-state index contributed by atoms with van der Waals surface area (Å²) in [6, 6.07) is 4.71. The van der Waals surface area contributed by atoms with Crippen molar-refractivity contribution in [1.82, 2.24) is 5.32 Å². The Bertz CT molecular complexity index is 269. The fourth-order valence-electron chi connectivity index (χ4n) is 1.42. The molecule has 1 heterocycles. The lowest BCUT2D eigenvalue weighted by molar-refractivity contribution is 0.0116. The van der Waals surface area contributed by atoms with Crippen molar-refractivity contribution in [3.05, 3.63) is 22.4 Å². The summed E-state index contributed by atoms with van der Waals surface area (Å²) in [6.07, 6.45) is 0.296. The average molecular weight is 241 g/mol. The van der Waals surface area contributed by atoms with Crippen LogP contribution in [0.25, 0.3) is 0 Å². The Morgan fingerprint density at radius 2 is 2.06 bits per heavy atom. The van der Waals surface area contributed by atoms with E-state index < -0.39 is 0 Å². The van der Waals surface area contributed by atoms with Gasteiger partial charge < -0.3 is 10.1 Å². The molecule has 16 heavy (non-hydrogen) atoms. The molecule has 1 unspecified atom stereocenters. The van der Waals surface area contributed by atoms with Crippen molar-refractivity contribution >= 4 is 11.3 Å². The van der Waals surface area contributed by atoms with Crippen LogP contribution in [0.4, 0.5) is 0 Å². The van der Waals surface area contributed by atoms with E-state index in [9.17, 15) is 0 Å². The summed E-state index contributed by atoms with van der Waals surface area (Å²) in [4.78, 5) is 1.30. The third-order valence-corrected chi connectivity index (χ3v) is 3.34. The minimum absolute atomic E-state index is 0.296. The summed E-state index contributed by atoms with van der Waals surface area (Å²) in [6.45, 7) is 10.4. The summed E-state index contributed by atoms with van der Waals surface area (Å²) < 4.78 is 5.95. The van der Waals surface area contributed by atoms with Crippen LogP contribution in [0.15, 0.2) is 17.5 Å². The van der Waals surface area contributed by atoms with Gasteiger partial charge in [-0.05, 0) is 17.4 Å². The predicted molar refractivity (Wildman–Crippen MR) is 70.9 cm³/mol. The van der Waals surface area contributed by atoms with Gasteiger partial charge in [0.05, 0.1) is 12.7 Å². The van der Waals surface area contributed by atoms with Gasteiger partial charge in [0.2, 0.25) is 0 Å². The largest absolute Gasteiger partial charge is 0.371 e. The van der Waals surface area contributed by atoms with Gasteiger partial charge in [-0.25, -0.2) is 0 Å². The van der Waals surface area contributed by atoms with Crippen molar-refractivity contribution in [2.45, 2.75) is 46.4 Å². The van der Waals surface area contributed by atoms with Gasteiger partial charge in [0, 0.05) is 17.5 Å². The van der Waals surface area contributed by atoms with Crippen LogP contribution in [0.1, 0.15) is 32.6 Å². The number of rotatable bonds is 7. The molecule has 2 nitrogen and oxygen atoms in total. The molecule has 1 N–H and O–H groups in total. The van der Waals surface area contributed by atoms with Gasteiger partial charge in [0.15, 0.2) is 0 Å². The monoisotopic (exact) mass is 241 g/mol. The first-order valence-corrected chi connectivity index (χ1v) is 6.85. The van der Waals surface area contributed by atoms with E-state index >= 15 is 0 Å². The molecule has 0 spiro atoms. The van der Waals surface area contributed by atoms with Gasteiger partial charge in [-0.1, -0.05) is 33.8 Å². The molecule has 0 radical (unpaired) electrons. The van der Waals surface area contributed by atoms with E-state index in [2.05, 4.69) is 50.5 Å². The van der Waals surface area contributed by atoms with Crippen LogP contribution in [0.5, 0.6) is 0 Å². The molecule has 1 aromatic rings. The second-order valence-electron chi connectivity index (χ2n) is 4.74. The summed E-state index contributed by atoms with van der Waals surface area (Å²) >= 11 is 1.76. The number of ether oxygens (including phenoxy) is 1. The molecular formula is C13H23NOS. The molecule has 0 fully saturated rings. The molecule has 92 valence electrons. The Morgan fingerprint density at radius 1 is 1.31 bits per heavy atom. The third-order valence-electron chi connectivity index (χ3n) is 2.49. The smallest absolute Gasteiger partial charge is 0.0813 e. The molecule has 0 aliphatic rings. The Morgan fingerprint density at radius 3 is 2.56 bits per heavy atom. The van der Waals surface area contributed by atoms with E-state index in [0.29, 0.717) is 18.1 Å². The van der Waals surface area contributed by atoms with Gasteiger partial charge in [0.1, 0.15) is 0 Å². The molecule has 0 aliphatic carbocycles. The summed E-state index contributed by atoms with van der Waals surface area (Å²) in [5.41, 5.74) is 0. The molecule has 0 saturated heterocycles. The Labute approximate surface area is 103 Å². The minimum Gasteiger partial charge on any atom is -0.371 e. The lowest BCUT2D eigenvalue weighted by Gasteiger charge is -2.23. The van der Waals surface area contributed by atoms with Gasteiger partial charge in [0.25, 0.3) is 0 Å². The first kappa shape index (κ1) is 13.7. The maximum Gasteiger partial charge on any atom is 0.0813 e. The SMILES string of the molecule is CC(C)NCC(OCc1cccs1)C(C)C. The standard InChI is InChI=1S/C13H23NOS/c1-10(2)13(8-14-11(3)4)15-9-12-6-5-7-16-12/h5-7,10-11,13-14H,8-9H2,1-4H3. The van der Waals surface area contributed by atoms with Gasteiger partial charge >= 0.3 is 0 Å². The normalized spacial score (nSPS) is 13.6. The van der Waals surface area contributed by atoms with Crippen molar-refractivity contribution < 1.29 is 4.74 Å². The van der Waals surface area contributed by atoms with Crippen LogP contribution in [0.3, 0.4) is 0 Å². The van der Waals surface area contributed by atoms with Gasteiger partial charge in [-0.3, -0.25) is 0 Å². The molecule has 1 rings (SSSR count). The molecule has 0 aromatic carbocycles. The number of nitrogens with one attached hydrogen (secondary N) is 1. The van der Waals surface area contributed by atoms with Crippen molar-refractivity contribution in [2.75, 3.05) is 6.54 Å². The lowest BCUT2D eigenvalue weighted by atomic mass is 10.1. The van der Waals surface area contributed by atoms with E-state index in [-0.39, 0.29) is 0 Å². The summed E-state index contributed by atoms with van der Waals surface area (Å²) in [5.74, 6) is 0.547. The average Bonchev–Trinajstić information content (AvgIpc) is 2.69. The van der Waals surface area contributed by atoms with E-state index in [1.54, 1.807) is 11.3 Å². The Balaban J connectivity index is 2.33. The van der Waals surface area contributed by atoms with E-state index in [1.165, 1.54) is 4.88 Å². The second-order valence-corrected chi connectivity index (χ2v) is 5.77. The molecule has 0 bridgehead atoms. The quantitative estimate of drug-likeness (QED) is 0.791. The van der Waals surface area contributed by atoms with Crippen LogP contribution in [0, 0.1) is 5.92 Å². The van der Waals surface area contributed by atoms with Crippen molar-refractivity contribution in [1.29, 1.82) is 0 Å². The molecule has 3 heteroatoms. The van der Waals surface area contributed by atoms with Crippen LogP contribution < -0.4 is 5.32 Å². The van der Waals surface area contributed by atoms with Gasteiger partial charge in [-0.15, -0.1) is 11.3 Å².